The number of benzene rings is 2. The van der Waals surface area contributed by atoms with Crippen molar-refractivity contribution in [1.82, 2.24) is 10.3 Å². The number of ether oxygens (including phenoxy) is 1. The van der Waals surface area contributed by atoms with Crippen LogP contribution < -0.4 is 10.1 Å². The molecule has 1 aromatic heterocycles. The molecule has 0 saturated heterocycles. The lowest BCUT2D eigenvalue weighted by atomic mass is 10.2. The van der Waals surface area contributed by atoms with Crippen molar-refractivity contribution >= 4 is 17.7 Å². The van der Waals surface area contributed by atoms with Gasteiger partial charge in [-0.25, -0.2) is 9.37 Å². The van der Waals surface area contributed by atoms with Crippen molar-refractivity contribution < 1.29 is 13.9 Å². The van der Waals surface area contributed by atoms with E-state index in [9.17, 15) is 9.18 Å². The van der Waals surface area contributed by atoms with Gasteiger partial charge < -0.3 is 10.1 Å². The van der Waals surface area contributed by atoms with E-state index in [1.807, 2.05) is 37.3 Å². The normalized spacial score (nSPS) is 10.4. The molecule has 138 valence electrons. The van der Waals surface area contributed by atoms with Crippen molar-refractivity contribution in [3.8, 4) is 11.6 Å². The van der Waals surface area contributed by atoms with E-state index in [4.69, 9.17) is 4.74 Å². The summed E-state index contributed by atoms with van der Waals surface area (Å²) in [6.45, 7) is 2.30. The molecule has 2 aromatic carbocycles. The fourth-order valence-electron chi connectivity index (χ4n) is 2.40. The van der Waals surface area contributed by atoms with Crippen LogP contribution >= 0.6 is 11.8 Å². The predicted molar refractivity (Wildman–Crippen MR) is 104 cm³/mol. The van der Waals surface area contributed by atoms with Gasteiger partial charge in [-0.2, -0.15) is 0 Å². The number of aromatic nitrogens is 1. The van der Waals surface area contributed by atoms with Crippen LogP contribution in [0.5, 0.6) is 11.6 Å². The molecule has 1 heterocycles. The molecule has 3 aromatic rings. The van der Waals surface area contributed by atoms with Crippen LogP contribution in [0.2, 0.25) is 0 Å². The number of carbonyl (C=O) groups excluding carboxylic acids is 1. The molecule has 0 unspecified atom stereocenters. The minimum absolute atomic E-state index is 0.0798. The van der Waals surface area contributed by atoms with Crippen LogP contribution in [0, 0.1) is 12.7 Å². The highest BCUT2D eigenvalue weighted by Gasteiger charge is 2.09. The maximum absolute atomic E-state index is 13.3. The number of rotatable bonds is 7. The number of nitrogens with zero attached hydrogens (tertiary/aromatic N) is 1. The van der Waals surface area contributed by atoms with Gasteiger partial charge in [0.25, 0.3) is 0 Å². The van der Waals surface area contributed by atoms with Crippen LogP contribution in [-0.2, 0) is 11.3 Å². The Bertz CT molecular complexity index is 933. The Morgan fingerprint density at radius 3 is 2.81 bits per heavy atom. The summed E-state index contributed by atoms with van der Waals surface area (Å²) in [7, 11) is 0. The number of pyridine rings is 1. The van der Waals surface area contributed by atoms with Crippen molar-refractivity contribution in [2.75, 3.05) is 5.75 Å². The van der Waals surface area contributed by atoms with Gasteiger partial charge in [0.1, 0.15) is 11.6 Å². The molecule has 0 aliphatic carbocycles. The molecule has 27 heavy (non-hydrogen) atoms. The molecule has 4 nitrogen and oxygen atoms in total. The average molecular weight is 382 g/mol. The monoisotopic (exact) mass is 382 g/mol. The van der Waals surface area contributed by atoms with Crippen molar-refractivity contribution in [1.29, 1.82) is 0 Å². The fraction of sp³-hybridized carbons (Fsp3) is 0.143. The van der Waals surface area contributed by atoms with E-state index >= 15 is 0 Å². The number of halogens is 1. The SMILES string of the molecule is Cc1ccccc1SCC(=O)NCc1cccnc1Oc1cccc(F)c1. The molecule has 0 atom stereocenters. The Balaban J connectivity index is 1.58. The van der Waals surface area contributed by atoms with Crippen LogP contribution in [0.1, 0.15) is 11.1 Å². The zero-order chi connectivity index (χ0) is 19.1. The van der Waals surface area contributed by atoms with E-state index in [1.165, 1.54) is 23.9 Å². The van der Waals surface area contributed by atoms with E-state index in [0.717, 1.165) is 16.0 Å². The smallest absolute Gasteiger partial charge is 0.230 e. The molecule has 6 heteroatoms. The molecular formula is C21H19FN2O2S. The second-order valence-electron chi connectivity index (χ2n) is 5.86. The highest BCUT2D eigenvalue weighted by molar-refractivity contribution is 8.00. The van der Waals surface area contributed by atoms with Gasteiger partial charge >= 0.3 is 0 Å². The third kappa shape index (κ3) is 5.56. The minimum Gasteiger partial charge on any atom is -0.439 e. The standard InChI is InChI=1S/C21H19FN2O2S/c1-15-6-2-3-10-19(15)27-14-20(25)24-13-16-7-5-11-23-21(16)26-18-9-4-8-17(22)12-18/h2-12H,13-14H2,1H3,(H,24,25). The number of carbonyl (C=O) groups is 1. The first-order valence-electron chi connectivity index (χ1n) is 8.44. The van der Waals surface area contributed by atoms with E-state index in [0.29, 0.717) is 17.4 Å². The van der Waals surface area contributed by atoms with E-state index in [-0.39, 0.29) is 18.3 Å². The molecule has 0 aliphatic heterocycles. The molecule has 0 aliphatic rings. The van der Waals surface area contributed by atoms with Gasteiger partial charge in [0, 0.05) is 29.3 Å². The largest absolute Gasteiger partial charge is 0.439 e. The van der Waals surface area contributed by atoms with Crippen LogP contribution in [0.25, 0.3) is 0 Å². The Morgan fingerprint density at radius 1 is 1.15 bits per heavy atom. The highest BCUT2D eigenvalue weighted by atomic mass is 32.2. The Hall–Kier alpha value is -2.86. The fourth-order valence-corrected chi connectivity index (χ4v) is 3.26. The number of aryl methyl sites for hydroxylation is 1. The lowest BCUT2D eigenvalue weighted by Crippen LogP contribution is -2.24. The van der Waals surface area contributed by atoms with E-state index < -0.39 is 0 Å². The van der Waals surface area contributed by atoms with Gasteiger partial charge in [0.15, 0.2) is 0 Å². The Labute approximate surface area is 161 Å². The van der Waals surface area contributed by atoms with Gasteiger partial charge in [-0.15, -0.1) is 11.8 Å². The third-order valence-electron chi connectivity index (χ3n) is 3.79. The summed E-state index contributed by atoms with van der Waals surface area (Å²) in [4.78, 5) is 17.4. The molecule has 0 radical (unpaired) electrons. The lowest BCUT2D eigenvalue weighted by molar-refractivity contribution is -0.118. The van der Waals surface area contributed by atoms with Gasteiger partial charge in [0.2, 0.25) is 11.8 Å². The van der Waals surface area contributed by atoms with Crippen molar-refractivity contribution in [2.24, 2.45) is 0 Å². The summed E-state index contributed by atoms with van der Waals surface area (Å²) >= 11 is 1.50. The molecule has 1 N–H and O–H groups in total. The van der Waals surface area contributed by atoms with E-state index in [1.54, 1.807) is 24.4 Å². The molecular weight excluding hydrogens is 363 g/mol. The first-order chi connectivity index (χ1) is 13.1. The second-order valence-corrected chi connectivity index (χ2v) is 6.88. The minimum atomic E-state index is -0.383. The topological polar surface area (TPSA) is 51.2 Å². The predicted octanol–water partition coefficient (Wildman–Crippen LogP) is 4.73. The maximum Gasteiger partial charge on any atom is 0.230 e. The van der Waals surface area contributed by atoms with Crippen LogP contribution in [0.4, 0.5) is 4.39 Å². The molecule has 1 amide bonds. The van der Waals surface area contributed by atoms with Crippen LogP contribution in [-0.4, -0.2) is 16.6 Å². The summed E-state index contributed by atoms with van der Waals surface area (Å²) in [5.41, 5.74) is 1.87. The molecule has 0 spiro atoms. The zero-order valence-electron chi connectivity index (χ0n) is 14.8. The highest BCUT2D eigenvalue weighted by Crippen LogP contribution is 2.24. The van der Waals surface area contributed by atoms with Gasteiger partial charge in [-0.3, -0.25) is 4.79 Å². The Morgan fingerprint density at radius 2 is 2.00 bits per heavy atom. The summed E-state index contributed by atoms with van der Waals surface area (Å²) in [6.07, 6.45) is 1.59. The van der Waals surface area contributed by atoms with Crippen molar-refractivity contribution in [3.63, 3.8) is 0 Å². The van der Waals surface area contributed by atoms with Crippen molar-refractivity contribution in [2.45, 2.75) is 18.4 Å². The number of hydrogen-bond acceptors (Lipinski definition) is 4. The Kier molecular flexibility index (Phi) is 6.44. The molecule has 0 saturated carbocycles. The average Bonchev–Trinajstić information content (AvgIpc) is 2.67. The summed E-state index contributed by atoms with van der Waals surface area (Å²) in [5.74, 6) is 0.562. The summed E-state index contributed by atoms with van der Waals surface area (Å²) < 4.78 is 19.0. The number of hydrogen-bond donors (Lipinski definition) is 1. The third-order valence-corrected chi connectivity index (χ3v) is 4.96. The molecule has 0 fully saturated rings. The van der Waals surface area contributed by atoms with Crippen LogP contribution in [0.15, 0.2) is 71.8 Å². The second kappa shape index (κ2) is 9.19. The van der Waals surface area contributed by atoms with Crippen molar-refractivity contribution in [3.05, 3.63) is 83.8 Å². The first-order valence-corrected chi connectivity index (χ1v) is 9.43. The quantitative estimate of drug-likeness (QED) is 0.600. The zero-order valence-corrected chi connectivity index (χ0v) is 15.6. The van der Waals surface area contributed by atoms with Crippen LogP contribution in [0.3, 0.4) is 0 Å². The maximum atomic E-state index is 13.3. The first kappa shape index (κ1) is 18.9. The van der Waals surface area contributed by atoms with Gasteiger partial charge in [-0.1, -0.05) is 30.3 Å². The number of nitrogens with one attached hydrogen (secondary N) is 1. The van der Waals surface area contributed by atoms with Gasteiger partial charge in [0.05, 0.1) is 5.75 Å². The number of thioether (sulfide) groups is 1. The molecule has 3 rings (SSSR count). The van der Waals surface area contributed by atoms with Gasteiger partial charge in [-0.05, 0) is 36.8 Å². The van der Waals surface area contributed by atoms with E-state index in [2.05, 4.69) is 10.3 Å². The lowest BCUT2D eigenvalue weighted by Gasteiger charge is -2.11. The summed E-state index contributed by atoms with van der Waals surface area (Å²) in [5, 5.41) is 2.87. The molecule has 0 bridgehead atoms. The summed E-state index contributed by atoms with van der Waals surface area (Å²) in [6, 6.07) is 17.4. The number of amides is 1.